The molecule has 1 aliphatic carbocycles. The Balaban J connectivity index is 2.06. The zero-order chi connectivity index (χ0) is 14.4. The number of rotatable bonds is 6. The highest BCUT2D eigenvalue weighted by Gasteiger charge is 2.32. The first-order chi connectivity index (χ1) is 9.61. The Morgan fingerprint density at radius 2 is 1.95 bits per heavy atom. The number of carbonyl (C=O) groups is 1. The monoisotopic (exact) mass is 388 g/mol. The highest BCUT2D eigenvalue weighted by molar-refractivity contribution is 14.1. The topological polar surface area (TPSA) is 61.4 Å². The summed E-state index contributed by atoms with van der Waals surface area (Å²) in [5.41, 5.74) is 1.13. The maximum atomic E-state index is 10.7. The number of anilines is 1. The van der Waals surface area contributed by atoms with Crippen LogP contribution in [0.5, 0.6) is 0 Å². The van der Waals surface area contributed by atoms with E-state index in [1.54, 1.807) is 0 Å². The van der Waals surface area contributed by atoms with Crippen LogP contribution in [0, 0.1) is 3.57 Å². The molecule has 0 spiro atoms. The molecule has 1 saturated carbocycles. The first-order valence-electron chi connectivity index (χ1n) is 7.07. The van der Waals surface area contributed by atoms with Crippen molar-refractivity contribution in [2.45, 2.75) is 37.6 Å². The van der Waals surface area contributed by atoms with Crippen LogP contribution in [0.4, 0.5) is 5.69 Å². The minimum atomic E-state index is -0.801. The predicted molar refractivity (Wildman–Crippen MR) is 89.1 cm³/mol. The van der Waals surface area contributed by atoms with Gasteiger partial charge in [-0.25, -0.2) is 0 Å². The summed E-state index contributed by atoms with van der Waals surface area (Å²) in [6, 6.07) is 8.24. The smallest absolute Gasteiger partial charge is 0.317 e. The normalized spacial score (nSPS) is 17.6. The number of para-hydroxylation sites is 1. The van der Waals surface area contributed by atoms with Gasteiger partial charge in [0.25, 0.3) is 0 Å². The van der Waals surface area contributed by atoms with Crippen molar-refractivity contribution >= 4 is 34.2 Å². The van der Waals surface area contributed by atoms with Crippen molar-refractivity contribution in [3.8, 4) is 0 Å². The number of aliphatic carboxylic acids is 1. The second-order valence-corrected chi connectivity index (χ2v) is 6.61. The van der Waals surface area contributed by atoms with Crippen molar-refractivity contribution in [1.82, 2.24) is 5.32 Å². The molecule has 1 aromatic rings. The van der Waals surface area contributed by atoms with E-state index in [-0.39, 0.29) is 12.1 Å². The fraction of sp³-hybridized carbons (Fsp3) is 0.533. The molecule has 5 heteroatoms. The van der Waals surface area contributed by atoms with E-state index in [9.17, 15) is 4.79 Å². The van der Waals surface area contributed by atoms with Crippen molar-refractivity contribution in [3.05, 3.63) is 27.8 Å². The lowest BCUT2D eigenvalue weighted by molar-refractivity contribution is -0.136. The summed E-state index contributed by atoms with van der Waals surface area (Å²) >= 11 is 2.33. The molecule has 0 aliphatic heterocycles. The van der Waals surface area contributed by atoms with Gasteiger partial charge in [0.1, 0.15) is 0 Å². The van der Waals surface area contributed by atoms with Crippen molar-refractivity contribution in [3.63, 3.8) is 0 Å². The third kappa shape index (κ3) is 4.34. The van der Waals surface area contributed by atoms with Crippen molar-refractivity contribution in [2.75, 3.05) is 18.4 Å². The average molecular weight is 388 g/mol. The molecule has 0 radical (unpaired) electrons. The molecule has 0 heterocycles. The molecule has 0 aromatic heterocycles. The molecule has 20 heavy (non-hydrogen) atoms. The zero-order valence-corrected chi connectivity index (χ0v) is 13.7. The van der Waals surface area contributed by atoms with E-state index >= 15 is 0 Å². The Hall–Kier alpha value is -0.820. The third-order valence-corrected chi connectivity index (χ3v) is 4.76. The van der Waals surface area contributed by atoms with E-state index in [1.165, 1.54) is 22.8 Å². The molecule has 1 fully saturated rings. The van der Waals surface area contributed by atoms with Crippen molar-refractivity contribution < 1.29 is 9.90 Å². The number of hydrogen-bond acceptors (Lipinski definition) is 3. The van der Waals surface area contributed by atoms with Crippen LogP contribution in [0.1, 0.15) is 32.1 Å². The van der Waals surface area contributed by atoms with Crippen LogP contribution < -0.4 is 10.6 Å². The second-order valence-electron chi connectivity index (χ2n) is 5.44. The summed E-state index contributed by atoms with van der Waals surface area (Å²) in [6.45, 7) is 0.722. The zero-order valence-electron chi connectivity index (χ0n) is 11.5. The molecule has 4 nitrogen and oxygen atoms in total. The number of carboxylic acids is 1. The molecule has 1 aromatic carbocycles. The maximum Gasteiger partial charge on any atom is 0.317 e. The summed E-state index contributed by atoms with van der Waals surface area (Å²) < 4.78 is 1.20. The summed E-state index contributed by atoms with van der Waals surface area (Å²) in [6.07, 6.45) is 5.85. The fourth-order valence-electron chi connectivity index (χ4n) is 2.83. The van der Waals surface area contributed by atoms with Crippen LogP contribution in [-0.2, 0) is 4.79 Å². The number of nitrogens with one attached hydrogen (secondary N) is 2. The first-order valence-corrected chi connectivity index (χ1v) is 8.14. The van der Waals surface area contributed by atoms with Gasteiger partial charge in [0, 0.05) is 21.3 Å². The molecular formula is C15H21IN2O2. The average Bonchev–Trinajstić information content (AvgIpc) is 2.42. The second kappa shape index (κ2) is 7.26. The minimum absolute atomic E-state index is 0.0189. The van der Waals surface area contributed by atoms with Gasteiger partial charge in [0.15, 0.2) is 0 Å². The molecular weight excluding hydrogens is 367 g/mol. The first kappa shape index (κ1) is 15.6. The van der Waals surface area contributed by atoms with Gasteiger partial charge in [-0.1, -0.05) is 31.4 Å². The van der Waals surface area contributed by atoms with Gasteiger partial charge in [-0.05, 0) is 47.6 Å². The van der Waals surface area contributed by atoms with E-state index in [2.05, 4.69) is 45.4 Å². The Labute approximate surface area is 133 Å². The highest BCUT2D eigenvalue weighted by atomic mass is 127. The molecule has 110 valence electrons. The lowest BCUT2D eigenvalue weighted by Gasteiger charge is -2.39. The standard InChI is InChI=1S/C15H21IN2O2/c16-12-6-2-3-7-13(12)18-15(8-4-1-5-9-15)11-17-10-14(19)20/h2-3,6-7,17-18H,1,4-5,8-11H2,(H,19,20). The summed E-state index contributed by atoms with van der Waals surface area (Å²) in [5, 5.41) is 15.5. The Morgan fingerprint density at radius 1 is 1.25 bits per heavy atom. The summed E-state index contributed by atoms with van der Waals surface area (Å²) in [5.74, 6) is -0.801. The van der Waals surface area contributed by atoms with Gasteiger partial charge >= 0.3 is 5.97 Å². The van der Waals surface area contributed by atoms with E-state index in [4.69, 9.17) is 5.11 Å². The van der Waals surface area contributed by atoms with Gasteiger partial charge in [-0.3, -0.25) is 4.79 Å². The fourth-order valence-corrected chi connectivity index (χ4v) is 3.35. The maximum absolute atomic E-state index is 10.7. The number of carboxylic acid groups (broad SMARTS) is 1. The molecule has 0 atom stereocenters. The molecule has 0 saturated heterocycles. The van der Waals surface area contributed by atoms with E-state index in [1.807, 2.05) is 12.1 Å². The quantitative estimate of drug-likeness (QED) is 0.656. The highest BCUT2D eigenvalue weighted by Crippen LogP contribution is 2.32. The lowest BCUT2D eigenvalue weighted by Crippen LogP contribution is -2.49. The van der Waals surface area contributed by atoms with Gasteiger partial charge in [0.05, 0.1) is 6.54 Å². The number of halogens is 1. The summed E-state index contributed by atoms with van der Waals surface area (Å²) in [4.78, 5) is 10.7. The lowest BCUT2D eigenvalue weighted by atomic mass is 9.81. The Kier molecular flexibility index (Phi) is 5.65. The molecule has 1 aliphatic rings. The molecule has 0 unspecified atom stereocenters. The van der Waals surface area contributed by atoms with E-state index in [0.717, 1.165) is 18.5 Å². The molecule has 0 amide bonds. The molecule has 2 rings (SSSR count). The third-order valence-electron chi connectivity index (χ3n) is 3.82. The van der Waals surface area contributed by atoms with E-state index < -0.39 is 5.97 Å². The SMILES string of the molecule is O=C(O)CNCC1(Nc2ccccc2I)CCCCC1. The molecule has 3 N–H and O–H groups in total. The number of hydrogen-bond donors (Lipinski definition) is 3. The van der Waals surface area contributed by atoms with Crippen molar-refractivity contribution in [1.29, 1.82) is 0 Å². The van der Waals surface area contributed by atoms with Crippen LogP contribution in [-0.4, -0.2) is 29.7 Å². The van der Waals surface area contributed by atoms with Gasteiger partial charge in [-0.2, -0.15) is 0 Å². The Morgan fingerprint density at radius 3 is 2.60 bits per heavy atom. The van der Waals surface area contributed by atoms with Crippen molar-refractivity contribution in [2.24, 2.45) is 0 Å². The van der Waals surface area contributed by atoms with Gasteiger partial charge in [0.2, 0.25) is 0 Å². The largest absolute Gasteiger partial charge is 0.480 e. The number of benzene rings is 1. The Bertz CT molecular complexity index is 459. The van der Waals surface area contributed by atoms with Crippen LogP contribution in [0.15, 0.2) is 24.3 Å². The van der Waals surface area contributed by atoms with Crippen LogP contribution in [0.2, 0.25) is 0 Å². The predicted octanol–water partition coefficient (Wildman–Crippen LogP) is 3.08. The van der Waals surface area contributed by atoms with Gasteiger partial charge in [-0.15, -0.1) is 0 Å². The summed E-state index contributed by atoms with van der Waals surface area (Å²) in [7, 11) is 0. The van der Waals surface area contributed by atoms with Crippen LogP contribution >= 0.6 is 22.6 Å². The van der Waals surface area contributed by atoms with E-state index in [0.29, 0.717) is 6.54 Å². The minimum Gasteiger partial charge on any atom is -0.480 e. The molecule has 0 bridgehead atoms. The van der Waals surface area contributed by atoms with Crippen LogP contribution in [0.25, 0.3) is 0 Å². The van der Waals surface area contributed by atoms with Crippen LogP contribution in [0.3, 0.4) is 0 Å². The van der Waals surface area contributed by atoms with Gasteiger partial charge < -0.3 is 15.7 Å².